The highest BCUT2D eigenvalue weighted by Gasteiger charge is 2.05. The maximum Gasteiger partial charge on any atom is 0.299 e. The van der Waals surface area contributed by atoms with E-state index in [4.69, 9.17) is 9.47 Å². The van der Waals surface area contributed by atoms with Gasteiger partial charge in [-0.2, -0.15) is 0 Å². The van der Waals surface area contributed by atoms with Crippen LogP contribution in [0.25, 0.3) is 0 Å². The van der Waals surface area contributed by atoms with Gasteiger partial charge in [0.1, 0.15) is 10.8 Å². The van der Waals surface area contributed by atoms with Crippen LogP contribution in [0.2, 0.25) is 0 Å². The molecular formula is C11H14N4O2S. The van der Waals surface area contributed by atoms with Gasteiger partial charge in [-0.1, -0.05) is 16.4 Å². The normalized spacial score (nSPS) is 10.5. The van der Waals surface area contributed by atoms with E-state index < -0.39 is 0 Å². The fourth-order valence-corrected chi connectivity index (χ4v) is 1.91. The number of ether oxygens (including phenoxy) is 2. The van der Waals surface area contributed by atoms with Gasteiger partial charge in [0.15, 0.2) is 0 Å². The molecule has 0 unspecified atom stereocenters. The minimum atomic E-state index is 0.520. The fourth-order valence-electron chi connectivity index (χ4n) is 1.23. The Hall–Kier alpha value is -1.57. The average molecular weight is 266 g/mol. The van der Waals surface area contributed by atoms with Crippen LogP contribution in [0.1, 0.15) is 5.01 Å². The molecule has 0 radical (unpaired) electrons. The summed E-state index contributed by atoms with van der Waals surface area (Å²) >= 11 is 1.41. The molecule has 6 nitrogen and oxygen atoms in total. The SMILES string of the molecule is COCCNCc1nnc(Oc2cccnc2)s1. The Morgan fingerprint density at radius 1 is 1.39 bits per heavy atom. The zero-order valence-corrected chi connectivity index (χ0v) is 10.8. The van der Waals surface area contributed by atoms with Gasteiger partial charge in [0.2, 0.25) is 0 Å². The van der Waals surface area contributed by atoms with Gasteiger partial charge in [0.25, 0.3) is 5.19 Å². The number of hydrogen-bond donors (Lipinski definition) is 1. The predicted octanol–water partition coefficient (Wildman–Crippen LogP) is 1.46. The van der Waals surface area contributed by atoms with Crippen LogP contribution in [-0.2, 0) is 11.3 Å². The van der Waals surface area contributed by atoms with Crippen molar-refractivity contribution >= 4 is 11.3 Å². The summed E-state index contributed by atoms with van der Waals surface area (Å²) in [5.74, 6) is 0.660. The van der Waals surface area contributed by atoms with E-state index >= 15 is 0 Å². The van der Waals surface area contributed by atoms with Crippen molar-refractivity contribution in [2.75, 3.05) is 20.3 Å². The second kappa shape index (κ2) is 7.00. The maximum atomic E-state index is 5.52. The molecule has 0 aliphatic rings. The van der Waals surface area contributed by atoms with Crippen LogP contribution < -0.4 is 10.1 Å². The van der Waals surface area contributed by atoms with Gasteiger partial charge >= 0.3 is 0 Å². The third-order valence-electron chi connectivity index (χ3n) is 2.05. The molecule has 7 heteroatoms. The van der Waals surface area contributed by atoms with Gasteiger partial charge < -0.3 is 14.8 Å². The molecule has 0 bridgehead atoms. The summed E-state index contributed by atoms with van der Waals surface area (Å²) < 4.78 is 10.5. The second-order valence-corrected chi connectivity index (χ2v) is 4.45. The van der Waals surface area contributed by atoms with Crippen LogP contribution in [-0.4, -0.2) is 35.4 Å². The molecule has 0 atom stereocenters. The Morgan fingerprint density at radius 3 is 3.11 bits per heavy atom. The van der Waals surface area contributed by atoms with Gasteiger partial charge in [-0.15, -0.1) is 5.10 Å². The lowest BCUT2D eigenvalue weighted by molar-refractivity contribution is 0.199. The van der Waals surface area contributed by atoms with Crippen molar-refractivity contribution in [2.45, 2.75) is 6.54 Å². The fraction of sp³-hybridized carbons (Fsp3) is 0.364. The largest absolute Gasteiger partial charge is 0.428 e. The van der Waals surface area contributed by atoms with Crippen molar-refractivity contribution in [3.05, 3.63) is 29.5 Å². The number of pyridine rings is 1. The zero-order chi connectivity index (χ0) is 12.6. The second-order valence-electron chi connectivity index (χ2n) is 3.42. The monoisotopic (exact) mass is 266 g/mol. The molecule has 0 fully saturated rings. The highest BCUT2D eigenvalue weighted by atomic mass is 32.1. The summed E-state index contributed by atoms with van der Waals surface area (Å²) in [6.07, 6.45) is 3.33. The Bertz CT molecular complexity index is 463. The van der Waals surface area contributed by atoms with Crippen molar-refractivity contribution in [3.8, 4) is 10.9 Å². The Kier molecular flexibility index (Phi) is 5.00. The third kappa shape index (κ3) is 4.02. The van der Waals surface area contributed by atoms with Crippen molar-refractivity contribution < 1.29 is 9.47 Å². The molecule has 0 saturated carbocycles. The molecule has 96 valence electrons. The van der Waals surface area contributed by atoms with E-state index in [0.717, 1.165) is 11.6 Å². The lowest BCUT2D eigenvalue weighted by Crippen LogP contribution is -2.18. The molecule has 0 amide bonds. The molecule has 1 N–H and O–H groups in total. The van der Waals surface area contributed by atoms with E-state index in [-0.39, 0.29) is 0 Å². The average Bonchev–Trinajstić information content (AvgIpc) is 2.84. The van der Waals surface area contributed by atoms with E-state index in [1.54, 1.807) is 19.5 Å². The minimum Gasteiger partial charge on any atom is -0.428 e. The molecule has 2 rings (SSSR count). The molecule has 18 heavy (non-hydrogen) atoms. The number of aromatic nitrogens is 3. The standard InChI is InChI=1S/C11H14N4O2S/c1-16-6-5-13-8-10-14-15-11(18-10)17-9-3-2-4-12-7-9/h2-4,7,13H,5-6,8H2,1H3. The van der Waals surface area contributed by atoms with Crippen LogP contribution in [0.4, 0.5) is 0 Å². The summed E-state index contributed by atoms with van der Waals surface area (Å²) in [6.45, 7) is 2.13. The van der Waals surface area contributed by atoms with Gasteiger partial charge in [-0.3, -0.25) is 4.98 Å². The molecular weight excluding hydrogens is 252 g/mol. The number of hydrogen-bond acceptors (Lipinski definition) is 7. The topological polar surface area (TPSA) is 69.2 Å². The van der Waals surface area contributed by atoms with Gasteiger partial charge in [0, 0.05) is 26.4 Å². The quantitative estimate of drug-likeness (QED) is 0.765. The van der Waals surface area contributed by atoms with Crippen LogP contribution in [0.15, 0.2) is 24.5 Å². The molecule has 2 heterocycles. The van der Waals surface area contributed by atoms with Crippen molar-refractivity contribution in [2.24, 2.45) is 0 Å². The van der Waals surface area contributed by atoms with Crippen molar-refractivity contribution in [1.82, 2.24) is 20.5 Å². The first kappa shape index (κ1) is 12.9. The first-order valence-corrected chi connectivity index (χ1v) is 6.30. The first-order chi connectivity index (χ1) is 8.88. The van der Waals surface area contributed by atoms with Gasteiger partial charge in [-0.05, 0) is 12.1 Å². The smallest absolute Gasteiger partial charge is 0.299 e. The minimum absolute atomic E-state index is 0.520. The Balaban J connectivity index is 1.83. The van der Waals surface area contributed by atoms with Crippen LogP contribution in [0, 0.1) is 0 Å². The Morgan fingerprint density at radius 2 is 2.33 bits per heavy atom. The zero-order valence-electron chi connectivity index (χ0n) is 10.00. The maximum absolute atomic E-state index is 5.52. The lowest BCUT2D eigenvalue weighted by Gasteiger charge is -1.99. The van der Waals surface area contributed by atoms with E-state index in [1.165, 1.54) is 11.3 Å². The highest BCUT2D eigenvalue weighted by molar-refractivity contribution is 7.13. The van der Waals surface area contributed by atoms with E-state index in [2.05, 4.69) is 20.5 Å². The van der Waals surface area contributed by atoms with Crippen LogP contribution in [0.5, 0.6) is 10.9 Å². The molecule has 0 aromatic carbocycles. The summed E-state index contributed by atoms with van der Waals surface area (Å²) in [6, 6.07) is 3.63. The van der Waals surface area contributed by atoms with Crippen LogP contribution in [0.3, 0.4) is 0 Å². The highest BCUT2D eigenvalue weighted by Crippen LogP contribution is 2.23. The molecule has 0 saturated heterocycles. The molecule has 2 aromatic rings. The molecule has 0 spiro atoms. The van der Waals surface area contributed by atoms with E-state index in [1.807, 2.05) is 12.1 Å². The molecule has 0 aliphatic heterocycles. The van der Waals surface area contributed by atoms with Crippen molar-refractivity contribution in [3.63, 3.8) is 0 Å². The summed E-state index contributed by atoms with van der Waals surface area (Å²) in [4.78, 5) is 3.96. The van der Waals surface area contributed by atoms with E-state index in [9.17, 15) is 0 Å². The van der Waals surface area contributed by atoms with Crippen molar-refractivity contribution in [1.29, 1.82) is 0 Å². The number of rotatable bonds is 7. The van der Waals surface area contributed by atoms with Gasteiger partial charge in [0.05, 0.1) is 12.8 Å². The summed E-state index contributed by atoms with van der Waals surface area (Å²) in [7, 11) is 1.67. The van der Waals surface area contributed by atoms with Gasteiger partial charge in [-0.25, -0.2) is 0 Å². The van der Waals surface area contributed by atoms with E-state index in [0.29, 0.717) is 24.1 Å². The predicted molar refractivity (Wildman–Crippen MR) is 67.8 cm³/mol. The Labute approximate surface area is 109 Å². The summed E-state index contributed by atoms with van der Waals surface area (Å²) in [5.41, 5.74) is 0. The first-order valence-electron chi connectivity index (χ1n) is 5.48. The third-order valence-corrected chi connectivity index (χ3v) is 2.85. The molecule has 0 aliphatic carbocycles. The number of nitrogens with one attached hydrogen (secondary N) is 1. The summed E-state index contributed by atoms with van der Waals surface area (Å²) in [5, 5.41) is 12.6. The molecule has 2 aromatic heterocycles. The number of methoxy groups -OCH3 is 1. The van der Waals surface area contributed by atoms with Crippen LogP contribution >= 0.6 is 11.3 Å². The lowest BCUT2D eigenvalue weighted by atomic mass is 10.5. The number of nitrogens with zero attached hydrogens (tertiary/aromatic N) is 3.